The smallest absolute Gasteiger partial charge is 0.134 e. The summed E-state index contributed by atoms with van der Waals surface area (Å²) in [7, 11) is 0. The number of fused-ring (bicyclic) bond motifs is 1. The number of unbranched alkanes of at least 4 members (excludes halogenated alkanes) is 4. The molecule has 1 aromatic carbocycles. The summed E-state index contributed by atoms with van der Waals surface area (Å²) in [4.78, 5) is 0. The Morgan fingerprint density at radius 2 is 1.94 bits per heavy atom. The van der Waals surface area contributed by atoms with Gasteiger partial charge in [-0.1, -0.05) is 32.6 Å². The van der Waals surface area contributed by atoms with Crippen molar-refractivity contribution >= 4 is 11.0 Å². The zero-order chi connectivity index (χ0) is 12.8. The van der Waals surface area contributed by atoms with Gasteiger partial charge in [0.25, 0.3) is 0 Å². The summed E-state index contributed by atoms with van der Waals surface area (Å²) < 4.78 is 5.76. The molecule has 1 aromatic heterocycles. The second-order valence-corrected chi connectivity index (χ2v) is 4.74. The molecule has 18 heavy (non-hydrogen) atoms. The molecule has 2 nitrogen and oxygen atoms in total. The van der Waals surface area contributed by atoms with Crippen molar-refractivity contribution < 1.29 is 4.42 Å². The van der Waals surface area contributed by atoms with E-state index in [4.69, 9.17) is 9.68 Å². The first kappa shape index (κ1) is 12.7. The molecule has 0 unspecified atom stereocenters. The van der Waals surface area contributed by atoms with Crippen LogP contribution in [0.25, 0.3) is 11.0 Å². The fraction of sp³-hybridized carbons (Fsp3) is 0.438. The topological polar surface area (TPSA) is 36.9 Å². The molecule has 0 N–H and O–H groups in total. The summed E-state index contributed by atoms with van der Waals surface area (Å²) in [5.41, 5.74) is 1.58. The first-order valence-corrected chi connectivity index (χ1v) is 6.76. The van der Waals surface area contributed by atoms with Gasteiger partial charge in [-0.3, -0.25) is 0 Å². The van der Waals surface area contributed by atoms with E-state index in [-0.39, 0.29) is 0 Å². The van der Waals surface area contributed by atoms with Gasteiger partial charge in [0.2, 0.25) is 0 Å². The predicted molar refractivity (Wildman–Crippen MR) is 73.4 cm³/mol. The van der Waals surface area contributed by atoms with E-state index in [1.807, 2.05) is 12.1 Å². The van der Waals surface area contributed by atoms with Crippen molar-refractivity contribution in [2.45, 2.75) is 45.4 Å². The van der Waals surface area contributed by atoms with Gasteiger partial charge in [0, 0.05) is 11.8 Å². The second-order valence-electron chi connectivity index (χ2n) is 4.74. The fourth-order valence-corrected chi connectivity index (χ4v) is 2.19. The first-order chi connectivity index (χ1) is 8.83. The molecule has 0 aliphatic rings. The molecule has 0 spiro atoms. The van der Waals surface area contributed by atoms with Crippen molar-refractivity contribution in [1.29, 1.82) is 5.26 Å². The van der Waals surface area contributed by atoms with Gasteiger partial charge in [-0.25, -0.2) is 0 Å². The van der Waals surface area contributed by atoms with Gasteiger partial charge >= 0.3 is 0 Å². The van der Waals surface area contributed by atoms with E-state index in [9.17, 15) is 0 Å². The first-order valence-electron chi connectivity index (χ1n) is 6.76. The minimum Gasteiger partial charge on any atom is -0.461 e. The predicted octanol–water partition coefficient (Wildman–Crippen LogP) is 4.82. The third-order valence-electron chi connectivity index (χ3n) is 3.22. The average molecular weight is 241 g/mol. The SMILES string of the molecule is CCCCCCCc1cc2cc(C#N)ccc2o1. The Morgan fingerprint density at radius 3 is 2.72 bits per heavy atom. The third kappa shape index (κ3) is 3.13. The molecular formula is C16H19NO. The summed E-state index contributed by atoms with van der Waals surface area (Å²) >= 11 is 0. The van der Waals surface area contributed by atoms with Crippen molar-refractivity contribution in [1.82, 2.24) is 0 Å². The highest BCUT2D eigenvalue weighted by molar-refractivity contribution is 5.79. The van der Waals surface area contributed by atoms with Gasteiger partial charge in [0.05, 0.1) is 11.6 Å². The molecule has 0 aliphatic carbocycles. The van der Waals surface area contributed by atoms with Crippen LogP contribution in [-0.2, 0) is 6.42 Å². The molecule has 1 heterocycles. The Labute approximate surface area is 108 Å². The van der Waals surface area contributed by atoms with Crippen LogP contribution >= 0.6 is 0 Å². The van der Waals surface area contributed by atoms with Gasteiger partial charge in [0.15, 0.2) is 0 Å². The number of rotatable bonds is 6. The van der Waals surface area contributed by atoms with Gasteiger partial charge < -0.3 is 4.42 Å². The van der Waals surface area contributed by atoms with Crippen LogP contribution in [0.15, 0.2) is 28.7 Å². The summed E-state index contributed by atoms with van der Waals surface area (Å²) in [6.45, 7) is 2.23. The van der Waals surface area contributed by atoms with Crippen LogP contribution in [0.1, 0.15) is 50.4 Å². The van der Waals surface area contributed by atoms with Crippen molar-refractivity contribution in [3.05, 3.63) is 35.6 Å². The van der Waals surface area contributed by atoms with E-state index >= 15 is 0 Å². The highest BCUT2D eigenvalue weighted by Crippen LogP contribution is 2.22. The number of hydrogen-bond acceptors (Lipinski definition) is 2. The lowest BCUT2D eigenvalue weighted by atomic mass is 10.1. The minimum absolute atomic E-state index is 0.692. The summed E-state index contributed by atoms with van der Waals surface area (Å²) in [5, 5.41) is 9.89. The second kappa shape index (κ2) is 6.26. The number of nitrogens with zero attached hydrogens (tertiary/aromatic N) is 1. The molecule has 0 aliphatic heterocycles. The van der Waals surface area contributed by atoms with E-state index in [0.717, 1.165) is 23.2 Å². The van der Waals surface area contributed by atoms with E-state index in [2.05, 4.69) is 19.1 Å². The number of aryl methyl sites for hydroxylation is 1. The maximum Gasteiger partial charge on any atom is 0.134 e. The highest BCUT2D eigenvalue weighted by atomic mass is 16.3. The zero-order valence-corrected chi connectivity index (χ0v) is 10.9. The Bertz CT molecular complexity index is 548. The lowest BCUT2D eigenvalue weighted by Gasteiger charge is -1.97. The number of benzene rings is 1. The molecule has 94 valence electrons. The number of hydrogen-bond donors (Lipinski definition) is 0. The van der Waals surface area contributed by atoms with Crippen LogP contribution in [-0.4, -0.2) is 0 Å². The highest BCUT2D eigenvalue weighted by Gasteiger charge is 2.04. The third-order valence-corrected chi connectivity index (χ3v) is 3.22. The summed E-state index contributed by atoms with van der Waals surface area (Å²) in [6, 6.07) is 9.79. The molecule has 0 atom stereocenters. The molecule has 0 amide bonds. The van der Waals surface area contributed by atoms with E-state index in [1.165, 1.54) is 32.1 Å². The van der Waals surface area contributed by atoms with Gasteiger partial charge in [-0.15, -0.1) is 0 Å². The summed E-state index contributed by atoms with van der Waals surface area (Å²) in [6.07, 6.45) is 7.38. The van der Waals surface area contributed by atoms with Gasteiger partial charge in [-0.05, 0) is 30.7 Å². The van der Waals surface area contributed by atoms with Crippen LogP contribution in [0.3, 0.4) is 0 Å². The minimum atomic E-state index is 0.692. The Morgan fingerprint density at radius 1 is 1.11 bits per heavy atom. The van der Waals surface area contributed by atoms with Crippen molar-refractivity contribution in [3.63, 3.8) is 0 Å². The van der Waals surface area contributed by atoms with Crippen LogP contribution in [0.4, 0.5) is 0 Å². The molecular weight excluding hydrogens is 222 g/mol. The average Bonchev–Trinajstić information content (AvgIpc) is 2.80. The van der Waals surface area contributed by atoms with Gasteiger partial charge in [0.1, 0.15) is 11.3 Å². The standard InChI is InChI=1S/C16H19NO/c1-2-3-4-5-6-7-15-11-14-10-13(12-17)8-9-16(14)18-15/h8-11H,2-7H2,1H3. The van der Waals surface area contributed by atoms with Crippen LogP contribution < -0.4 is 0 Å². The monoisotopic (exact) mass is 241 g/mol. The fourth-order valence-electron chi connectivity index (χ4n) is 2.19. The molecule has 2 aromatic rings. The van der Waals surface area contributed by atoms with Gasteiger partial charge in [-0.2, -0.15) is 5.26 Å². The van der Waals surface area contributed by atoms with Crippen LogP contribution in [0, 0.1) is 11.3 Å². The van der Waals surface area contributed by atoms with E-state index in [1.54, 1.807) is 6.07 Å². The molecule has 0 radical (unpaired) electrons. The van der Waals surface area contributed by atoms with Crippen molar-refractivity contribution in [3.8, 4) is 6.07 Å². The molecule has 0 bridgehead atoms. The zero-order valence-electron chi connectivity index (χ0n) is 10.9. The maximum atomic E-state index is 8.85. The molecule has 2 rings (SSSR count). The number of nitriles is 1. The lowest BCUT2D eigenvalue weighted by molar-refractivity contribution is 0.524. The molecule has 0 saturated carbocycles. The number of furan rings is 1. The quantitative estimate of drug-likeness (QED) is 0.680. The molecule has 0 fully saturated rings. The Kier molecular flexibility index (Phi) is 4.41. The van der Waals surface area contributed by atoms with E-state index < -0.39 is 0 Å². The van der Waals surface area contributed by atoms with E-state index in [0.29, 0.717) is 5.56 Å². The maximum absolute atomic E-state index is 8.85. The van der Waals surface area contributed by atoms with Crippen LogP contribution in [0.5, 0.6) is 0 Å². The van der Waals surface area contributed by atoms with Crippen molar-refractivity contribution in [2.75, 3.05) is 0 Å². The van der Waals surface area contributed by atoms with Crippen molar-refractivity contribution in [2.24, 2.45) is 0 Å². The summed E-state index contributed by atoms with van der Waals surface area (Å²) in [5.74, 6) is 1.04. The Balaban J connectivity index is 1.96. The normalized spacial score (nSPS) is 10.7. The van der Waals surface area contributed by atoms with Crippen LogP contribution in [0.2, 0.25) is 0 Å². The Hall–Kier alpha value is -1.75. The lowest BCUT2D eigenvalue weighted by Crippen LogP contribution is -1.82. The molecule has 2 heteroatoms. The largest absolute Gasteiger partial charge is 0.461 e. The molecule has 0 saturated heterocycles.